The minimum absolute atomic E-state index is 0.602. The normalized spacial score (nSPS) is 10.8. The zero-order chi connectivity index (χ0) is 25.0. The third kappa shape index (κ3) is 4.75. The van der Waals surface area contributed by atoms with E-state index in [1.54, 1.807) is 6.20 Å². The Labute approximate surface area is 220 Å². The molecule has 4 aromatic carbocycles. The number of aromatic nitrogens is 4. The molecule has 37 heavy (non-hydrogen) atoms. The highest BCUT2D eigenvalue weighted by atomic mass is 35.5. The molecule has 176 valence electrons. The van der Waals surface area contributed by atoms with Gasteiger partial charge in [-0.25, -0.2) is 15.0 Å². The Morgan fingerprint density at radius 3 is 1.59 bits per heavy atom. The quantitative estimate of drug-likeness (QED) is 0.241. The van der Waals surface area contributed by atoms with Crippen molar-refractivity contribution in [2.45, 2.75) is 0 Å². The lowest BCUT2D eigenvalue weighted by molar-refractivity contribution is 1.07. The molecule has 0 saturated carbocycles. The first-order chi connectivity index (χ1) is 18.3. The minimum Gasteiger partial charge on any atom is -0.256 e. The van der Waals surface area contributed by atoms with Crippen LogP contribution in [0.1, 0.15) is 0 Å². The van der Waals surface area contributed by atoms with Gasteiger partial charge in [0, 0.05) is 33.5 Å². The summed E-state index contributed by atoms with van der Waals surface area (Å²) in [6.45, 7) is 0. The number of hydrogen-bond acceptors (Lipinski definition) is 4. The Morgan fingerprint density at radius 2 is 0.973 bits per heavy atom. The summed E-state index contributed by atoms with van der Waals surface area (Å²) < 4.78 is 0. The van der Waals surface area contributed by atoms with Crippen LogP contribution in [0, 0.1) is 0 Å². The second-order valence-electron chi connectivity index (χ2n) is 8.49. The monoisotopic (exact) mass is 496 g/mol. The summed E-state index contributed by atoms with van der Waals surface area (Å²) in [7, 11) is 0. The molecule has 0 amide bonds. The zero-order valence-corrected chi connectivity index (χ0v) is 20.5. The molecule has 0 fully saturated rings. The van der Waals surface area contributed by atoms with E-state index in [2.05, 4.69) is 11.1 Å². The summed E-state index contributed by atoms with van der Waals surface area (Å²) in [5.41, 5.74) is 6.55. The Balaban J connectivity index is 1.58. The van der Waals surface area contributed by atoms with E-state index in [0.717, 1.165) is 39.1 Å². The summed E-state index contributed by atoms with van der Waals surface area (Å²) in [6, 6.07) is 39.9. The fourth-order valence-electron chi connectivity index (χ4n) is 4.33. The molecule has 0 N–H and O–H groups in total. The van der Waals surface area contributed by atoms with Gasteiger partial charge in [0.05, 0.1) is 5.69 Å². The van der Waals surface area contributed by atoms with E-state index >= 15 is 0 Å². The molecule has 0 saturated heterocycles. The predicted molar refractivity (Wildman–Crippen MR) is 150 cm³/mol. The summed E-state index contributed by atoms with van der Waals surface area (Å²) in [5.74, 6) is 1.85. The fourth-order valence-corrected chi connectivity index (χ4v) is 4.50. The van der Waals surface area contributed by atoms with E-state index in [4.69, 9.17) is 26.6 Å². The number of rotatable bonds is 5. The number of nitrogens with zero attached hydrogens (tertiary/aromatic N) is 4. The highest BCUT2D eigenvalue weighted by Gasteiger charge is 2.18. The van der Waals surface area contributed by atoms with Crippen molar-refractivity contribution in [2.75, 3.05) is 0 Å². The van der Waals surface area contributed by atoms with Crippen molar-refractivity contribution in [3.05, 3.63) is 133 Å². The second kappa shape index (κ2) is 10.1. The van der Waals surface area contributed by atoms with Crippen LogP contribution >= 0.6 is 11.6 Å². The summed E-state index contributed by atoms with van der Waals surface area (Å²) in [5, 5.41) is 0.653. The van der Waals surface area contributed by atoms with Gasteiger partial charge in [0.15, 0.2) is 17.5 Å². The molecule has 0 bridgehead atoms. The van der Waals surface area contributed by atoms with Crippen molar-refractivity contribution < 1.29 is 0 Å². The molecule has 6 aromatic rings. The third-order valence-corrected chi connectivity index (χ3v) is 6.32. The molecule has 2 aromatic heterocycles. The van der Waals surface area contributed by atoms with Gasteiger partial charge in [-0.1, -0.05) is 109 Å². The van der Waals surface area contributed by atoms with Gasteiger partial charge in [-0.15, -0.1) is 0 Å². The van der Waals surface area contributed by atoms with Crippen LogP contribution in [0.25, 0.3) is 56.5 Å². The highest BCUT2D eigenvalue weighted by molar-refractivity contribution is 6.31. The van der Waals surface area contributed by atoms with Crippen LogP contribution in [-0.2, 0) is 0 Å². The van der Waals surface area contributed by atoms with Gasteiger partial charge in [0.2, 0.25) is 0 Å². The molecule has 4 nitrogen and oxygen atoms in total. The third-order valence-electron chi connectivity index (χ3n) is 6.08. The first-order valence-electron chi connectivity index (χ1n) is 11.9. The molecule has 0 spiro atoms. The largest absolute Gasteiger partial charge is 0.256 e. The summed E-state index contributed by atoms with van der Waals surface area (Å²) in [6.07, 6.45) is 1.79. The number of hydrogen-bond donors (Lipinski definition) is 0. The molecule has 0 unspecified atom stereocenters. The second-order valence-corrected chi connectivity index (χ2v) is 8.93. The zero-order valence-electron chi connectivity index (χ0n) is 19.8. The van der Waals surface area contributed by atoms with E-state index in [0.29, 0.717) is 22.5 Å². The molecule has 2 heterocycles. The van der Waals surface area contributed by atoms with Gasteiger partial charge in [-0.2, -0.15) is 0 Å². The van der Waals surface area contributed by atoms with Crippen LogP contribution in [0.15, 0.2) is 128 Å². The maximum atomic E-state index is 6.43. The van der Waals surface area contributed by atoms with Crippen molar-refractivity contribution >= 4 is 11.6 Å². The number of pyridine rings is 1. The lowest BCUT2D eigenvalue weighted by Gasteiger charge is -2.15. The Morgan fingerprint density at radius 1 is 0.432 bits per heavy atom. The maximum Gasteiger partial charge on any atom is 0.164 e. The maximum absolute atomic E-state index is 6.43. The predicted octanol–water partition coefficient (Wildman–Crippen LogP) is 8.26. The van der Waals surface area contributed by atoms with Gasteiger partial charge in [0.1, 0.15) is 0 Å². The average molecular weight is 497 g/mol. The van der Waals surface area contributed by atoms with Crippen LogP contribution in [-0.4, -0.2) is 19.9 Å². The van der Waals surface area contributed by atoms with Gasteiger partial charge < -0.3 is 0 Å². The van der Waals surface area contributed by atoms with Gasteiger partial charge in [-0.3, -0.25) is 4.98 Å². The number of halogens is 1. The highest BCUT2D eigenvalue weighted by Crippen LogP contribution is 2.38. The van der Waals surface area contributed by atoms with Crippen LogP contribution in [0.4, 0.5) is 0 Å². The Bertz CT molecular complexity index is 1610. The van der Waals surface area contributed by atoms with Crippen molar-refractivity contribution in [3.8, 4) is 56.5 Å². The molecular weight excluding hydrogens is 476 g/mol. The molecule has 6 rings (SSSR count). The summed E-state index contributed by atoms with van der Waals surface area (Å²) >= 11 is 6.43. The average Bonchev–Trinajstić information content (AvgIpc) is 2.98. The van der Waals surface area contributed by atoms with Crippen LogP contribution in [0.2, 0.25) is 5.02 Å². The van der Waals surface area contributed by atoms with Crippen molar-refractivity contribution in [1.82, 2.24) is 19.9 Å². The van der Waals surface area contributed by atoms with E-state index in [-0.39, 0.29) is 0 Å². The molecule has 0 radical (unpaired) electrons. The lowest BCUT2D eigenvalue weighted by Crippen LogP contribution is -2.01. The first kappa shape index (κ1) is 22.8. The fraction of sp³-hybridized carbons (Fsp3) is 0. The standard InChI is InChI=1S/C32H21ClN4/c33-24-18-19-26(28(21-24)29-17-9-10-20-34-29)25-15-7-8-16-27(25)32-36-30(22-11-3-1-4-12-22)35-31(37-32)23-13-5-2-6-14-23/h1-21H. The van der Waals surface area contributed by atoms with Gasteiger partial charge in [-0.05, 0) is 35.4 Å². The Hall–Kier alpha value is -4.67. The van der Waals surface area contributed by atoms with Crippen LogP contribution < -0.4 is 0 Å². The van der Waals surface area contributed by atoms with Crippen molar-refractivity contribution in [2.24, 2.45) is 0 Å². The van der Waals surface area contributed by atoms with Gasteiger partial charge in [0.25, 0.3) is 0 Å². The van der Waals surface area contributed by atoms with Crippen molar-refractivity contribution in [3.63, 3.8) is 0 Å². The van der Waals surface area contributed by atoms with E-state index in [1.807, 2.05) is 115 Å². The molecule has 5 heteroatoms. The van der Waals surface area contributed by atoms with Gasteiger partial charge >= 0.3 is 0 Å². The van der Waals surface area contributed by atoms with E-state index in [1.165, 1.54) is 0 Å². The summed E-state index contributed by atoms with van der Waals surface area (Å²) in [4.78, 5) is 19.3. The molecule has 0 aliphatic heterocycles. The molecule has 0 aliphatic carbocycles. The Kier molecular flexibility index (Phi) is 6.24. The number of benzene rings is 4. The lowest BCUT2D eigenvalue weighted by atomic mass is 9.93. The van der Waals surface area contributed by atoms with Crippen LogP contribution in [0.3, 0.4) is 0 Å². The minimum atomic E-state index is 0.602. The molecule has 0 atom stereocenters. The topological polar surface area (TPSA) is 51.6 Å². The molecular formula is C32H21ClN4. The SMILES string of the molecule is Clc1ccc(-c2ccccc2-c2nc(-c3ccccc3)nc(-c3ccccc3)n2)c(-c2ccccn2)c1. The van der Waals surface area contributed by atoms with E-state index in [9.17, 15) is 0 Å². The van der Waals surface area contributed by atoms with E-state index < -0.39 is 0 Å². The first-order valence-corrected chi connectivity index (χ1v) is 12.3. The molecule has 0 aliphatic rings. The smallest absolute Gasteiger partial charge is 0.164 e. The van der Waals surface area contributed by atoms with Crippen molar-refractivity contribution in [1.29, 1.82) is 0 Å². The van der Waals surface area contributed by atoms with Crippen LogP contribution in [0.5, 0.6) is 0 Å².